The molecular weight excluding hydrogens is 1470 g/mol. The van der Waals surface area contributed by atoms with E-state index in [0.29, 0.717) is 64.2 Å². The van der Waals surface area contributed by atoms with Gasteiger partial charge in [-0.2, -0.15) is 39.9 Å². The number of benzene rings is 4. The van der Waals surface area contributed by atoms with Gasteiger partial charge in [0.15, 0.2) is 67.9 Å². The fraction of sp³-hybridized carbons (Fsp3) is 0.471. The zero-order valence-electron chi connectivity index (χ0n) is 69.9. The Morgan fingerprint density at radius 2 is 0.726 bits per heavy atom. The first-order valence-corrected chi connectivity index (χ1v) is 41.5. The van der Waals surface area contributed by atoms with Gasteiger partial charge in [0.25, 0.3) is 0 Å². The largest absolute Gasteiger partial charge is 0.399 e. The van der Waals surface area contributed by atoms with E-state index in [2.05, 4.69) is 161 Å². The van der Waals surface area contributed by atoms with Gasteiger partial charge in [0.1, 0.15) is 0 Å². The van der Waals surface area contributed by atoms with E-state index >= 15 is 0 Å². The van der Waals surface area contributed by atoms with Crippen LogP contribution in [0.2, 0.25) is 0 Å². The number of nitrogen functional groups attached to an aromatic ring is 2. The Balaban J connectivity index is 0.000000136. The minimum Gasteiger partial charge on any atom is -0.399 e. The zero-order valence-corrected chi connectivity index (χ0v) is 69.9. The standard InChI is InChI=1S/C23H32N8O.2C21H30N8.C20H27N7/c1-13(2)31-12-25-20-21(27-17-10-14(3)9-16(11-17)26-15(4)32)29-23(30-22(20)31)28-19-8-6-5-7-18(19)24;2*1-12(2)29-11-24-18-19(25-15-9-13(3)8-14(22)10-15)27-21(28-20(18)29)26-17-7-5-4-6-16(17)23;1-13(2)27-12-22-17-18(23-15-7-4-6-14(3)10-15)25-20(26-19(17)27)24-16-8-5-9-21-11-16/h9-13,18-19H,5-8,24H2,1-4H3,(H,26,32)(H2,27,28,29,30);2*8-12,16-17H,4-7,22-23H2,1-3H3,(H2,25,26,27,28);4,6-7,10,12-13,16,21H,5,8-9,11H2,1-3H3,(H2,23,24,25,26)/t18-,19+;2*16-,17-;16-/m0100/s1. The number of fused-ring (bicyclic) bond motifs is 4. The molecule has 20 N–H and O–H groups in total. The van der Waals surface area contributed by atoms with Gasteiger partial charge in [-0.25, -0.2) is 19.9 Å². The van der Waals surface area contributed by atoms with Crippen molar-refractivity contribution < 1.29 is 4.79 Å². The number of amides is 1. The van der Waals surface area contributed by atoms with E-state index < -0.39 is 0 Å². The minimum absolute atomic E-state index is 0.0893. The molecule has 9 heterocycles. The van der Waals surface area contributed by atoms with E-state index in [1.54, 1.807) is 6.33 Å². The molecule has 1 amide bonds. The molecule has 1 saturated heterocycles. The number of carbonyl (C=O) groups excluding carboxylic acids is 1. The molecule has 3 aliphatic carbocycles. The number of aromatic nitrogens is 16. The predicted octanol–water partition coefficient (Wildman–Crippen LogP) is 15.2. The van der Waals surface area contributed by atoms with Gasteiger partial charge in [-0.05, 0) is 230 Å². The molecule has 32 heteroatoms. The molecule has 0 spiro atoms. The van der Waals surface area contributed by atoms with Crippen LogP contribution in [0.25, 0.3) is 44.7 Å². The summed E-state index contributed by atoms with van der Waals surface area (Å²) in [7, 11) is 0. The van der Waals surface area contributed by atoms with Gasteiger partial charge in [0.2, 0.25) is 29.7 Å². The predicted molar refractivity (Wildman–Crippen MR) is 475 cm³/mol. The lowest BCUT2D eigenvalue weighted by atomic mass is 9.91. The Labute approximate surface area is 684 Å². The highest BCUT2D eigenvalue weighted by atomic mass is 16.1. The van der Waals surface area contributed by atoms with Crippen molar-refractivity contribution in [1.29, 1.82) is 0 Å². The molecule has 0 bridgehead atoms. The first kappa shape index (κ1) is 83.3. The number of piperidine rings is 1. The smallest absolute Gasteiger partial charge is 0.227 e. The van der Waals surface area contributed by atoms with E-state index in [9.17, 15) is 4.79 Å². The van der Waals surface area contributed by atoms with Gasteiger partial charge in [0.05, 0.1) is 25.3 Å². The van der Waals surface area contributed by atoms with Crippen LogP contribution in [-0.2, 0) is 4.79 Å². The quantitative estimate of drug-likeness (QED) is 0.0297. The number of aryl methyl sites for hydroxylation is 4. The van der Waals surface area contributed by atoms with Crippen molar-refractivity contribution in [1.82, 2.24) is 83.4 Å². The summed E-state index contributed by atoms with van der Waals surface area (Å²) in [5.41, 5.74) is 47.3. The van der Waals surface area contributed by atoms with Crippen LogP contribution in [0.1, 0.15) is 199 Å². The maximum Gasteiger partial charge on any atom is 0.227 e. The van der Waals surface area contributed by atoms with E-state index in [1.807, 2.05) is 111 Å². The van der Waals surface area contributed by atoms with E-state index in [4.69, 9.17) is 68.5 Å². The van der Waals surface area contributed by atoms with Crippen molar-refractivity contribution in [2.45, 2.75) is 246 Å². The van der Waals surface area contributed by atoms with Crippen LogP contribution in [0.3, 0.4) is 0 Å². The first-order chi connectivity index (χ1) is 56.2. The van der Waals surface area contributed by atoms with Crippen molar-refractivity contribution in [2.75, 3.05) is 72.4 Å². The average molecular weight is 1590 g/mol. The van der Waals surface area contributed by atoms with Crippen LogP contribution in [0.15, 0.2) is 104 Å². The molecule has 12 aromatic rings. The number of hydrogen-bond acceptors (Lipinski definition) is 27. The molecule has 620 valence electrons. The van der Waals surface area contributed by atoms with Gasteiger partial charge in [-0.15, -0.1) is 0 Å². The molecule has 4 aromatic carbocycles. The molecular formula is C85H119N31O. The SMILES string of the molecule is CC(=O)Nc1cc(C)cc(Nc2nc(N[C@@H]3CCCC[C@@H]3N)nc3c2ncn3C(C)C)c1.Cc1cc(N)cc(Nc2nc(N[C@@H]3CCCC[C@H]3N)nc3c2ncn3C(C)C)c1.Cc1cc(N)cc(Nc2nc(N[C@H]3CCCC[C@@H]3N)nc3c2ncn3C(C)C)c1.Cc1cccc(Nc2nc(N[C@H]3CCCNC3)nc3c2ncn3C(C)C)c1. The second-order valence-electron chi connectivity index (χ2n) is 32.9. The monoisotopic (exact) mass is 1590 g/mol. The Morgan fingerprint density at radius 3 is 1.06 bits per heavy atom. The van der Waals surface area contributed by atoms with Gasteiger partial charge < -0.3 is 100 Å². The van der Waals surface area contributed by atoms with Gasteiger partial charge in [0, 0.05) is 120 Å². The summed E-state index contributed by atoms with van der Waals surface area (Å²) < 4.78 is 8.23. The van der Waals surface area contributed by atoms with Gasteiger partial charge >= 0.3 is 0 Å². The fourth-order valence-electron chi connectivity index (χ4n) is 15.6. The Hall–Kier alpha value is -11.6. The Morgan fingerprint density at radius 1 is 0.393 bits per heavy atom. The maximum atomic E-state index is 11.5. The van der Waals surface area contributed by atoms with Crippen molar-refractivity contribution in [2.24, 2.45) is 17.2 Å². The van der Waals surface area contributed by atoms with Crippen LogP contribution >= 0.6 is 0 Å². The van der Waals surface area contributed by atoms with E-state index in [1.165, 1.54) is 38.2 Å². The van der Waals surface area contributed by atoms with Crippen LogP contribution in [0.4, 0.5) is 86.9 Å². The van der Waals surface area contributed by atoms with Gasteiger partial charge in [-0.1, -0.05) is 50.7 Å². The number of nitrogens with zero attached hydrogens (tertiary/aromatic N) is 16. The normalized spacial score (nSPS) is 18.9. The van der Waals surface area contributed by atoms with Crippen molar-refractivity contribution >= 4 is 137 Å². The van der Waals surface area contributed by atoms with E-state index in [0.717, 1.165) is 167 Å². The van der Waals surface area contributed by atoms with Crippen LogP contribution in [0, 0.1) is 27.7 Å². The summed E-state index contributed by atoms with van der Waals surface area (Å²) in [4.78, 5) is 68.0. The topological polar surface area (TPSA) is 442 Å². The lowest BCUT2D eigenvalue weighted by Crippen LogP contribution is -2.43. The molecule has 0 unspecified atom stereocenters. The maximum absolute atomic E-state index is 11.5. The summed E-state index contributed by atoms with van der Waals surface area (Å²) in [6, 6.07) is 27.9. The summed E-state index contributed by atoms with van der Waals surface area (Å²) >= 11 is 0. The van der Waals surface area contributed by atoms with Crippen molar-refractivity contribution in [3.8, 4) is 0 Å². The summed E-state index contributed by atoms with van der Waals surface area (Å²) in [6.07, 6.45) is 22.7. The molecule has 1 aliphatic heterocycles. The third-order valence-electron chi connectivity index (χ3n) is 21.6. The lowest BCUT2D eigenvalue weighted by Gasteiger charge is -2.29. The highest BCUT2D eigenvalue weighted by molar-refractivity contribution is 5.92. The third-order valence-corrected chi connectivity index (χ3v) is 21.6. The number of imidazole rings is 4. The number of carbonyl (C=O) groups is 1. The number of hydrogen-bond donors (Lipinski definition) is 15. The molecule has 7 atom stereocenters. The molecule has 16 rings (SSSR count). The lowest BCUT2D eigenvalue weighted by molar-refractivity contribution is -0.114. The van der Waals surface area contributed by atoms with Crippen LogP contribution in [0.5, 0.6) is 0 Å². The zero-order chi connectivity index (χ0) is 82.7. The third kappa shape index (κ3) is 21.2. The van der Waals surface area contributed by atoms with Crippen LogP contribution in [-0.4, -0.2) is 139 Å². The second kappa shape index (κ2) is 37.5. The fourth-order valence-corrected chi connectivity index (χ4v) is 15.6. The summed E-state index contributed by atoms with van der Waals surface area (Å²) in [5, 5.41) is 33.8. The molecule has 117 heavy (non-hydrogen) atoms. The van der Waals surface area contributed by atoms with Crippen molar-refractivity contribution in [3.63, 3.8) is 0 Å². The molecule has 8 aromatic heterocycles. The van der Waals surface area contributed by atoms with Crippen molar-refractivity contribution in [3.05, 3.63) is 126 Å². The molecule has 32 nitrogen and oxygen atoms in total. The Kier molecular flexibility index (Phi) is 26.7. The summed E-state index contributed by atoms with van der Waals surface area (Å²) in [5.74, 6) is 4.88. The Bertz CT molecular complexity index is 5180. The number of nitrogens with two attached hydrogens (primary N) is 5. The number of nitrogens with one attached hydrogen (secondary N) is 10. The van der Waals surface area contributed by atoms with Gasteiger partial charge in [-0.3, -0.25) is 4.79 Å². The molecule has 0 radical (unpaired) electrons. The number of anilines is 15. The molecule has 4 aliphatic rings. The number of rotatable bonds is 21. The highest BCUT2D eigenvalue weighted by Crippen LogP contribution is 2.35. The second-order valence-corrected chi connectivity index (χ2v) is 32.9. The minimum atomic E-state index is -0.114. The van der Waals surface area contributed by atoms with E-state index in [-0.39, 0.29) is 66.3 Å². The highest BCUT2D eigenvalue weighted by Gasteiger charge is 2.29. The summed E-state index contributed by atoms with van der Waals surface area (Å²) in [6.45, 7) is 28.5. The molecule has 3 saturated carbocycles. The molecule has 4 fully saturated rings. The first-order valence-electron chi connectivity index (χ1n) is 41.5. The average Bonchev–Trinajstić information content (AvgIpc) is 1.68. The van der Waals surface area contributed by atoms with Crippen LogP contribution < -0.4 is 81.8 Å².